The lowest BCUT2D eigenvalue weighted by Crippen LogP contribution is -2.45. The Hall–Kier alpha value is -3.24. The Morgan fingerprint density at radius 3 is 2.37 bits per heavy atom. The van der Waals surface area contributed by atoms with Crippen molar-refractivity contribution in [2.24, 2.45) is 0 Å². The van der Waals surface area contributed by atoms with Gasteiger partial charge in [-0.25, -0.2) is 8.42 Å². The lowest BCUT2D eigenvalue weighted by molar-refractivity contribution is -0.120. The molecule has 38 heavy (non-hydrogen) atoms. The number of ether oxygens (including phenoxy) is 3. The number of benzene rings is 3. The second-order valence-electron chi connectivity index (χ2n) is 9.48. The number of nitrogens with zero attached hydrogens (tertiary/aromatic N) is 1. The molecule has 0 saturated heterocycles. The van der Waals surface area contributed by atoms with Crippen molar-refractivity contribution in [3.05, 3.63) is 76.8 Å². The number of carbonyl (C=O) groups is 1. The summed E-state index contributed by atoms with van der Waals surface area (Å²) < 4.78 is 46.3. The maximum Gasteiger partial charge on any atom is 0.264 e. The number of fused-ring (bicyclic) bond motifs is 1. The summed E-state index contributed by atoms with van der Waals surface area (Å²) >= 11 is 3.34. The summed E-state index contributed by atoms with van der Waals surface area (Å²) in [5.74, 6) is 1.45. The lowest BCUT2D eigenvalue weighted by atomic mass is 9.89. The molecule has 1 atom stereocenters. The van der Waals surface area contributed by atoms with Crippen molar-refractivity contribution in [3.63, 3.8) is 0 Å². The number of methoxy groups -OCH3 is 1. The number of sulfonamides is 1. The van der Waals surface area contributed by atoms with Gasteiger partial charge < -0.3 is 19.5 Å². The molecule has 10 heteroatoms. The molecule has 0 bridgehead atoms. The van der Waals surface area contributed by atoms with E-state index in [1.807, 2.05) is 32.9 Å². The lowest BCUT2D eigenvalue weighted by Gasteiger charge is -2.38. The molecule has 0 fully saturated rings. The number of hydrogen-bond donors (Lipinski definition) is 1. The van der Waals surface area contributed by atoms with Crippen LogP contribution in [0, 0.1) is 0 Å². The van der Waals surface area contributed by atoms with E-state index in [2.05, 4.69) is 21.2 Å². The summed E-state index contributed by atoms with van der Waals surface area (Å²) in [6.45, 7) is 5.83. The van der Waals surface area contributed by atoms with E-state index in [0.717, 1.165) is 14.3 Å². The van der Waals surface area contributed by atoms with Gasteiger partial charge in [-0.1, -0.05) is 15.9 Å². The molecule has 202 valence electrons. The van der Waals surface area contributed by atoms with Crippen molar-refractivity contribution in [1.82, 2.24) is 5.32 Å². The van der Waals surface area contributed by atoms with E-state index in [1.165, 1.54) is 12.1 Å². The third kappa shape index (κ3) is 6.24. The molecule has 4 rings (SSSR count). The average Bonchev–Trinajstić information content (AvgIpc) is 2.87. The second kappa shape index (κ2) is 11.2. The van der Waals surface area contributed by atoms with Crippen LogP contribution >= 0.6 is 15.9 Å². The minimum Gasteiger partial charge on any atom is -0.497 e. The molecule has 1 unspecified atom stereocenters. The summed E-state index contributed by atoms with van der Waals surface area (Å²) in [6.07, 6.45) is 0.501. The van der Waals surface area contributed by atoms with Gasteiger partial charge in [-0.2, -0.15) is 0 Å². The minimum absolute atomic E-state index is 0.0738. The topological polar surface area (TPSA) is 94.2 Å². The fraction of sp³-hybridized carbons (Fsp3) is 0.321. The van der Waals surface area contributed by atoms with E-state index < -0.39 is 34.1 Å². The van der Waals surface area contributed by atoms with Crippen LogP contribution in [0.15, 0.2) is 76.1 Å². The summed E-state index contributed by atoms with van der Waals surface area (Å²) in [6, 6.07) is 18.0. The molecule has 1 amide bonds. The standard InChI is InChI=1S/C28H31BrN2O6S/c1-5-36-21-10-8-20(9-11-21)31(38(33,34)23-13-6-19(29)7-14-23)18-27(32)30-25-17-28(2,3)37-26-15-12-22(35-4)16-24(25)26/h6-16,25H,5,17-18H2,1-4H3,(H,30,32). The predicted molar refractivity (Wildman–Crippen MR) is 149 cm³/mol. The summed E-state index contributed by atoms with van der Waals surface area (Å²) in [5.41, 5.74) is 0.596. The SMILES string of the molecule is CCOc1ccc(N(CC(=O)NC2CC(C)(C)Oc3ccc(OC)cc32)S(=O)(=O)c2ccc(Br)cc2)cc1. The third-order valence-electron chi connectivity index (χ3n) is 6.13. The molecule has 0 aliphatic carbocycles. The Balaban J connectivity index is 1.65. The van der Waals surface area contributed by atoms with E-state index in [9.17, 15) is 13.2 Å². The Kier molecular flexibility index (Phi) is 8.22. The highest BCUT2D eigenvalue weighted by Crippen LogP contribution is 2.41. The van der Waals surface area contributed by atoms with E-state index in [-0.39, 0.29) is 4.90 Å². The minimum atomic E-state index is -4.06. The third-order valence-corrected chi connectivity index (χ3v) is 8.45. The van der Waals surface area contributed by atoms with Gasteiger partial charge >= 0.3 is 0 Å². The van der Waals surface area contributed by atoms with Crippen LogP contribution in [0.3, 0.4) is 0 Å². The van der Waals surface area contributed by atoms with Crippen molar-refractivity contribution in [2.45, 2.75) is 43.7 Å². The van der Waals surface area contributed by atoms with Crippen molar-refractivity contribution in [3.8, 4) is 17.2 Å². The molecule has 0 saturated carbocycles. The fourth-order valence-electron chi connectivity index (χ4n) is 4.38. The molecule has 0 aromatic heterocycles. The van der Waals surface area contributed by atoms with Gasteiger partial charge in [0.1, 0.15) is 29.4 Å². The summed E-state index contributed by atoms with van der Waals surface area (Å²) in [5, 5.41) is 3.03. The first-order chi connectivity index (χ1) is 18.0. The quantitative estimate of drug-likeness (QED) is 0.349. The number of amides is 1. The van der Waals surface area contributed by atoms with Gasteiger partial charge in [0, 0.05) is 16.5 Å². The Bertz CT molecular complexity index is 1390. The van der Waals surface area contributed by atoms with Crippen molar-refractivity contribution in [1.29, 1.82) is 0 Å². The van der Waals surface area contributed by atoms with Gasteiger partial charge in [-0.15, -0.1) is 0 Å². The Morgan fingerprint density at radius 2 is 1.74 bits per heavy atom. The van der Waals surface area contributed by atoms with Crippen molar-refractivity contribution < 1.29 is 27.4 Å². The van der Waals surface area contributed by atoms with Gasteiger partial charge in [-0.3, -0.25) is 9.10 Å². The predicted octanol–water partition coefficient (Wildman–Crippen LogP) is 5.47. The molecule has 0 radical (unpaired) electrons. The van der Waals surface area contributed by atoms with Crippen LogP contribution < -0.4 is 23.8 Å². The monoisotopic (exact) mass is 602 g/mol. The highest BCUT2D eigenvalue weighted by Gasteiger charge is 2.36. The molecule has 1 aliphatic rings. The molecule has 1 N–H and O–H groups in total. The van der Waals surface area contributed by atoms with E-state index in [4.69, 9.17) is 14.2 Å². The molecule has 8 nitrogen and oxygen atoms in total. The van der Waals surface area contributed by atoms with Crippen LogP contribution in [0.5, 0.6) is 17.2 Å². The Morgan fingerprint density at radius 1 is 1.08 bits per heavy atom. The number of nitrogens with one attached hydrogen (secondary N) is 1. The van der Waals surface area contributed by atoms with Gasteiger partial charge in [0.15, 0.2) is 0 Å². The first-order valence-electron chi connectivity index (χ1n) is 12.2. The zero-order valence-corrected chi connectivity index (χ0v) is 24.1. The van der Waals surface area contributed by atoms with Gasteiger partial charge in [0.25, 0.3) is 10.0 Å². The number of carbonyl (C=O) groups excluding carboxylic acids is 1. The fourth-order valence-corrected chi connectivity index (χ4v) is 6.07. The van der Waals surface area contributed by atoms with Gasteiger partial charge in [0.2, 0.25) is 5.91 Å². The van der Waals surface area contributed by atoms with Crippen LogP contribution in [-0.4, -0.2) is 40.2 Å². The molecule has 1 heterocycles. The Labute approximate surface area is 232 Å². The molecular weight excluding hydrogens is 572 g/mol. The van der Waals surface area contributed by atoms with Crippen LogP contribution in [0.2, 0.25) is 0 Å². The second-order valence-corrected chi connectivity index (χ2v) is 12.3. The molecule has 3 aromatic rings. The summed E-state index contributed by atoms with van der Waals surface area (Å²) in [4.78, 5) is 13.5. The number of hydrogen-bond acceptors (Lipinski definition) is 6. The van der Waals surface area contributed by atoms with E-state index in [1.54, 1.807) is 49.6 Å². The first kappa shape index (κ1) is 27.8. The van der Waals surface area contributed by atoms with Crippen molar-refractivity contribution >= 4 is 37.5 Å². The summed E-state index contributed by atoms with van der Waals surface area (Å²) in [7, 11) is -2.49. The van der Waals surface area contributed by atoms with Crippen LogP contribution in [0.1, 0.15) is 38.8 Å². The van der Waals surface area contributed by atoms with Crippen LogP contribution in [-0.2, 0) is 14.8 Å². The molecular formula is C28H31BrN2O6S. The van der Waals surface area contributed by atoms with Gasteiger partial charge in [-0.05, 0) is 87.5 Å². The molecule has 3 aromatic carbocycles. The van der Waals surface area contributed by atoms with Gasteiger partial charge in [0.05, 0.1) is 30.3 Å². The van der Waals surface area contributed by atoms with E-state index >= 15 is 0 Å². The average molecular weight is 604 g/mol. The number of halogens is 1. The maximum absolute atomic E-state index is 13.7. The van der Waals surface area contributed by atoms with Crippen LogP contribution in [0.25, 0.3) is 0 Å². The smallest absolute Gasteiger partial charge is 0.264 e. The highest BCUT2D eigenvalue weighted by atomic mass is 79.9. The van der Waals surface area contributed by atoms with E-state index in [0.29, 0.717) is 36.0 Å². The first-order valence-corrected chi connectivity index (χ1v) is 14.4. The zero-order valence-electron chi connectivity index (χ0n) is 21.7. The number of rotatable bonds is 9. The normalized spacial score (nSPS) is 16.1. The largest absolute Gasteiger partial charge is 0.497 e. The molecule has 0 spiro atoms. The van der Waals surface area contributed by atoms with Crippen molar-refractivity contribution in [2.75, 3.05) is 24.6 Å². The highest BCUT2D eigenvalue weighted by molar-refractivity contribution is 9.10. The number of anilines is 1. The molecule has 1 aliphatic heterocycles. The van der Waals surface area contributed by atoms with Crippen LogP contribution in [0.4, 0.5) is 5.69 Å². The zero-order chi connectivity index (χ0) is 27.5. The maximum atomic E-state index is 13.7.